The predicted molar refractivity (Wildman–Crippen MR) is 70.9 cm³/mol. The third-order valence-corrected chi connectivity index (χ3v) is 2.37. The van der Waals surface area contributed by atoms with Crippen molar-refractivity contribution in [2.45, 2.75) is 26.8 Å². The highest BCUT2D eigenvalue weighted by Gasteiger charge is 1.96. The average molecular weight is 235 g/mol. The molecule has 4 N–H and O–H groups in total. The highest BCUT2D eigenvalue weighted by atomic mass is 16.3. The van der Waals surface area contributed by atoms with Crippen LogP contribution in [0.2, 0.25) is 0 Å². The van der Waals surface area contributed by atoms with Crippen molar-refractivity contribution in [3.8, 4) is 5.75 Å². The number of hydrogen-bond acceptors (Lipinski definition) is 2. The van der Waals surface area contributed by atoms with E-state index in [9.17, 15) is 5.11 Å². The smallest absolute Gasteiger partial charge is 0.188 e. The van der Waals surface area contributed by atoms with Gasteiger partial charge in [0.25, 0.3) is 0 Å². The molecule has 1 aromatic carbocycles. The van der Waals surface area contributed by atoms with Crippen molar-refractivity contribution < 1.29 is 5.11 Å². The SMILES string of the molecule is CC(C)CCNC(N)=NCc1cccc(O)c1. The zero-order chi connectivity index (χ0) is 12.7. The molecule has 0 fully saturated rings. The van der Waals surface area contributed by atoms with Crippen molar-refractivity contribution in [2.75, 3.05) is 6.54 Å². The number of nitrogens with two attached hydrogens (primary N) is 1. The zero-order valence-electron chi connectivity index (χ0n) is 10.5. The van der Waals surface area contributed by atoms with Crippen LogP contribution in [0.15, 0.2) is 29.3 Å². The predicted octanol–water partition coefficient (Wildman–Crippen LogP) is 1.84. The Kier molecular flexibility index (Phi) is 5.33. The van der Waals surface area contributed by atoms with E-state index < -0.39 is 0 Å². The maximum Gasteiger partial charge on any atom is 0.188 e. The summed E-state index contributed by atoms with van der Waals surface area (Å²) >= 11 is 0. The maximum absolute atomic E-state index is 9.29. The molecule has 1 rings (SSSR count). The van der Waals surface area contributed by atoms with E-state index in [1.165, 1.54) is 0 Å². The normalized spacial score (nSPS) is 11.8. The van der Waals surface area contributed by atoms with Gasteiger partial charge in [-0.1, -0.05) is 26.0 Å². The minimum absolute atomic E-state index is 0.254. The van der Waals surface area contributed by atoms with Crippen molar-refractivity contribution in [3.63, 3.8) is 0 Å². The Bertz CT molecular complexity index is 375. The third kappa shape index (κ3) is 5.80. The largest absolute Gasteiger partial charge is 0.508 e. The average Bonchev–Trinajstić information content (AvgIpc) is 2.26. The molecule has 0 atom stereocenters. The van der Waals surface area contributed by atoms with Crippen LogP contribution < -0.4 is 11.1 Å². The van der Waals surface area contributed by atoms with Crippen LogP contribution in [0.25, 0.3) is 0 Å². The number of guanidine groups is 1. The minimum atomic E-state index is 0.254. The van der Waals surface area contributed by atoms with Crippen LogP contribution in [0.1, 0.15) is 25.8 Å². The summed E-state index contributed by atoms with van der Waals surface area (Å²) in [6.07, 6.45) is 1.07. The summed E-state index contributed by atoms with van der Waals surface area (Å²) in [5, 5.41) is 12.3. The van der Waals surface area contributed by atoms with Gasteiger partial charge >= 0.3 is 0 Å². The number of nitrogens with zero attached hydrogens (tertiary/aromatic N) is 1. The molecule has 0 aliphatic rings. The first-order chi connectivity index (χ1) is 8.08. The molecule has 1 aromatic rings. The number of rotatable bonds is 5. The lowest BCUT2D eigenvalue weighted by atomic mass is 10.1. The van der Waals surface area contributed by atoms with Crippen LogP contribution >= 0.6 is 0 Å². The summed E-state index contributed by atoms with van der Waals surface area (Å²) in [4.78, 5) is 4.20. The molecule has 0 aromatic heterocycles. The lowest BCUT2D eigenvalue weighted by Crippen LogP contribution is -2.32. The van der Waals surface area contributed by atoms with Gasteiger partial charge in [0.2, 0.25) is 0 Å². The monoisotopic (exact) mass is 235 g/mol. The number of aromatic hydroxyl groups is 1. The summed E-state index contributed by atoms with van der Waals surface area (Å²) < 4.78 is 0. The summed E-state index contributed by atoms with van der Waals surface area (Å²) in [5.74, 6) is 1.36. The Morgan fingerprint density at radius 3 is 2.88 bits per heavy atom. The van der Waals surface area contributed by atoms with Gasteiger partial charge in [0.05, 0.1) is 6.54 Å². The number of phenols is 1. The molecular formula is C13H21N3O. The summed E-state index contributed by atoms with van der Waals surface area (Å²) in [6.45, 7) is 5.66. The molecule has 0 unspecified atom stereocenters. The van der Waals surface area contributed by atoms with E-state index in [2.05, 4.69) is 24.2 Å². The number of phenolic OH excluding ortho intramolecular Hbond substituents is 1. The number of nitrogens with one attached hydrogen (secondary N) is 1. The minimum Gasteiger partial charge on any atom is -0.508 e. The number of aliphatic imine (C=N–C) groups is 1. The van der Waals surface area contributed by atoms with Crippen LogP contribution in [-0.2, 0) is 6.54 Å². The molecule has 94 valence electrons. The quantitative estimate of drug-likeness (QED) is 0.538. The molecule has 0 spiro atoms. The van der Waals surface area contributed by atoms with Crippen molar-refractivity contribution in [3.05, 3.63) is 29.8 Å². The molecule has 0 aliphatic carbocycles. The van der Waals surface area contributed by atoms with Crippen molar-refractivity contribution >= 4 is 5.96 Å². The van der Waals surface area contributed by atoms with E-state index in [0.29, 0.717) is 18.4 Å². The molecule has 4 heteroatoms. The molecule has 0 heterocycles. The summed E-state index contributed by atoms with van der Waals surface area (Å²) in [5.41, 5.74) is 6.67. The lowest BCUT2D eigenvalue weighted by Gasteiger charge is -2.07. The summed E-state index contributed by atoms with van der Waals surface area (Å²) in [7, 11) is 0. The van der Waals surface area contributed by atoms with Crippen LogP contribution in [0.3, 0.4) is 0 Å². The van der Waals surface area contributed by atoms with Gasteiger partial charge in [-0.15, -0.1) is 0 Å². The first kappa shape index (κ1) is 13.4. The second kappa shape index (κ2) is 6.78. The molecule has 17 heavy (non-hydrogen) atoms. The van der Waals surface area contributed by atoms with Crippen molar-refractivity contribution in [1.29, 1.82) is 0 Å². The highest BCUT2D eigenvalue weighted by molar-refractivity contribution is 5.77. The third-order valence-electron chi connectivity index (χ3n) is 2.37. The maximum atomic E-state index is 9.29. The van der Waals surface area contributed by atoms with Crippen LogP contribution in [0.5, 0.6) is 5.75 Å². The molecule has 0 amide bonds. The van der Waals surface area contributed by atoms with Gasteiger partial charge in [-0.2, -0.15) is 0 Å². The Balaban J connectivity index is 2.37. The fraction of sp³-hybridized carbons (Fsp3) is 0.462. The fourth-order valence-corrected chi connectivity index (χ4v) is 1.38. The van der Waals surface area contributed by atoms with E-state index in [-0.39, 0.29) is 5.75 Å². The molecular weight excluding hydrogens is 214 g/mol. The van der Waals surface area contributed by atoms with Crippen LogP contribution in [-0.4, -0.2) is 17.6 Å². The highest BCUT2D eigenvalue weighted by Crippen LogP contribution is 2.11. The van der Waals surface area contributed by atoms with Gasteiger partial charge in [0, 0.05) is 6.54 Å². The van der Waals surface area contributed by atoms with Crippen LogP contribution in [0.4, 0.5) is 0 Å². The van der Waals surface area contributed by atoms with Crippen LogP contribution in [0, 0.1) is 5.92 Å². The van der Waals surface area contributed by atoms with Gasteiger partial charge in [0.1, 0.15) is 5.75 Å². The van der Waals surface area contributed by atoms with E-state index >= 15 is 0 Å². The Morgan fingerprint density at radius 2 is 2.24 bits per heavy atom. The standard InChI is InChI=1S/C13H21N3O/c1-10(2)6-7-15-13(14)16-9-11-4-3-5-12(17)8-11/h3-5,8,10,17H,6-7,9H2,1-2H3,(H3,14,15,16). The first-order valence-electron chi connectivity index (χ1n) is 5.89. The molecule has 0 aliphatic heterocycles. The summed E-state index contributed by atoms with van der Waals surface area (Å²) in [6, 6.07) is 7.02. The van der Waals surface area contributed by atoms with E-state index in [1.807, 2.05) is 6.07 Å². The lowest BCUT2D eigenvalue weighted by molar-refractivity contribution is 0.474. The Labute approximate surface area is 103 Å². The molecule has 0 bridgehead atoms. The van der Waals surface area contributed by atoms with E-state index in [0.717, 1.165) is 18.5 Å². The number of hydrogen-bond donors (Lipinski definition) is 3. The van der Waals surface area contributed by atoms with Crippen molar-refractivity contribution in [2.24, 2.45) is 16.6 Å². The van der Waals surface area contributed by atoms with Gasteiger partial charge in [0.15, 0.2) is 5.96 Å². The van der Waals surface area contributed by atoms with E-state index in [1.54, 1.807) is 18.2 Å². The Hall–Kier alpha value is -1.71. The van der Waals surface area contributed by atoms with Gasteiger partial charge in [-0.05, 0) is 30.0 Å². The van der Waals surface area contributed by atoms with Crippen molar-refractivity contribution in [1.82, 2.24) is 5.32 Å². The molecule has 0 saturated heterocycles. The van der Waals surface area contributed by atoms with Gasteiger partial charge < -0.3 is 16.2 Å². The second-order valence-electron chi connectivity index (χ2n) is 4.48. The fourth-order valence-electron chi connectivity index (χ4n) is 1.38. The first-order valence-corrected chi connectivity index (χ1v) is 5.89. The molecule has 0 saturated carbocycles. The van der Waals surface area contributed by atoms with E-state index in [4.69, 9.17) is 5.73 Å². The zero-order valence-corrected chi connectivity index (χ0v) is 10.5. The number of benzene rings is 1. The van der Waals surface area contributed by atoms with Gasteiger partial charge in [-0.25, -0.2) is 4.99 Å². The van der Waals surface area contributed by atoms with Gasteiger partial charge in [-0.3, -0.25) is 0 Å². The topological polar surface area (TPSA) is 70.6 Å². The second-order valence-corrected chi connectivity index (χ2v) is 4.48. The molecule has 4 nitrogen and oxygen atoms in total. The molecule has 0 radical (unpaired) electrons. The Morgan fingerprint density at radius 1 is 1.47 bits per heavy atom.